The normalized spacial score (nSPS) is 18.2. The Morgan fingerprint density at radius 1 is 0.906 bits per heavy atom. The lowest BCUT2D eigenvalue weighted by Gasteiger charge is -2.31. The molecule has 4 rings (SSSR count). The zero-order valence-electron chi connectivity index (χ0n) is 18.2. The number of halogens is 1. The van der Waals surface area contributed by atoms with E-state index in [0.717, 1.165) is 32.6 Å². The highest BCUT2D eigenvalue weighted by atomic mass is 79.9. The Labute approximate surface area is 197 Å². The first-order chi connectivity index (χ1) is 15.6. The van der Waals surface area contributed by atoms with Gasteiger partial charge in [0.2, 0.25) is 0 Å². The summed E-state index contributed by atoms with van der Waals surface area (Å²) in [5.74, 6) is 1.46. The number of para-hydroxylation sites is 2. The summed E-state index contributed by atoms with van der Waals surface area (Å²) >= 11 is 3.51. The molecule has 1 aliphatic rings. The van der Waals surface area contributed by atoms with Crippen LogP contribution in [0.15, 0.2) is 76.2 Å². The highest BCUT2D eigenvalue weighted by Gasteiger charge is 2.29. The smallest absolute Gasteiger partial charge is 0.162 e. The number of nitrogens with one attached hydrogen (secondary N) is 1. The molecule has 2 N–H and O–H groups in total. The van der Waals surface area contributed by atoms with Crippen molar-refractivity contribution in [3.63, 3.8) is 0 Å². The van der Waals surface area contributed by atoms with E-state index in [1.54, 1.807) is 6.07 Å². The molecule has 0 spiro atoms. The van der Waals surface area contributed by atoms with E-state index < -0.39 is 0 Å². The number of aliphatic imine (C=N–C) groups is 1. The molecule has 6 heteroatoms. The first kappa shape index (κ1) is 22.4. The highest BCUT2D eigenvalue weighted by molar-refractivity contribution is 9.10. The number of phenols is 1. The van der Waals surface area contributed by atoms with Gasteiger partial charge >= 0.3 is 0 Å². The SMILES string of the molecule is CCOc1ccccc1[C@H]1N=C(c2ccc(Br)cc2)C[C@@H](c2cccc(OCC)c2O)N1. The van der Waals surface area contributed by atoms with E-state index in [9.17, 15) is 5.11 Å². The number of rotatable bonds is 7. The molecule has 0 unspecified atom stereocenters. The lowest BCUT2D eigenvalue weighted by atomic mass is 9.93. The van der Waals surface area contributed by atoms with Crippen LogP contribution in [0.2, 0.25) is 0 Å². The maximum absolute atomic E-state index is 10.9. The molecule has 0 saturated heterocycles. The quantitative estimate of drug-likeness (QED) is 0.411. The Hall–Kier alpha value is -2.83. The molecule has 0 aromatic heterocycles. The van der Waals surface area contributed by atoms with Gasteiger partial charge in [0.25, 0.3) is 0 Å². The minimum absolute atomic E-state index is 0.147. The summed E-state index contributed by atoms with van der Waals surface area (Å²) in [4.78, 5) is 5.06. The van der Waals surface area contributed by atoms with Crippen molar-refractivity contribution < 1.29 is 14.6 Å². The number of hydrogen-bond acceptors (Lipinski definition) is 5. The van der Waals surface area contributed by atoms with Gasteiger partial charge < -0.3 is 14.6 Å². The molecule has 3 aromatic rings. The van der Waals surface area contributed by atoms with Crippen molar-refractivity contribution in [1.29, 1.82) is 0 Å². The predicted molar refractivity (Wildman–Crippen MR) is 131 cm³/mol. The van der Waals surface area contributed by atoms with Crippen LogP contribution in [0.3, 0.4) is 0 Å². The van der Waals surface area contributed by atoms with Crippen LogP contribution in [0.5, 0.6) is 17.2 Å². The molecule has 3 aromatic carbocycles. The zero-order chi connectivity index (χ0) is 22.5. The number of aromatic hydroxyl groups is 1. The molecule has 166 valence electrons. The number of nitrogens with zero attached hydrogens (tertiary/aromatic N) is 1. The fraction of sp³-hybridized carbons (Fsp3) is 0.269. The Balaban J connectivity index is 1.77. The van der Waals surface area contributed by atoms with Gasteiger partial charge in [-0.25, -0.2) is 0 Å². The van der Waals surface area contributed by atoms with Crippen LogP contribution in [0, 0.1) is 0 Å². The molecule has 0 saturated carbocycles. The molecular formula is C26H27BrN2O3. The molecule has 1 aliphatic heterocycles. The van der Waals surface area contributed by atoms with Crippen molar-refractivity contribution in [3.05, 3.63) is 87.9 Å². The van der Waals surface area contributed by atoms with Crippen LogP contribution in [0.4, 0.5) is 0 Å². The van der Waals surface area contributed by atoms with Gasteiger partial charge in [0.1, 0.15) is 11.9 Å². The Morgan fingerprint density at radius 2 is 1.56 bits per heavy atom. The van der Waals surface area contributed by atoms with Gasteiger partial charge in [0, 0.05) is 33.8 Å². The van der Waals surface area contributed by atoms with Crippen LogP contribution < -0.4 is 14.8 Å². The van der Waals surface area contributed by atoms with Gasteiger partial charge in [-0.15, -0.1) is 0 Å². The number of hydrogen-bond donors (Lipinski definition) is 2. The fourth-order valence-corrected chi connectivity index (χ4v) is 4.23. The number of ether oxygens (including phenoxy) is 2. The fourth-order valence-electron chi connectivity index (χ4n) is 3.97. The largest absolute Gasteiger partial charge is 0.504 e. The van der Waals surface area contributed by atoms with Crippen LogP contribution in [-0.2, 0) is 0 Å². The maximum Gasteiger partial charge on any atom is 0.162 e. The van der Waals surface area contributed by atoms with E-state index in [2.05, 4.69) is 33.4 Å². The van der Waals surface area contributed by atoms with E-state index >= 15 is 0 Å². The number of benzene rings is 3. The topological polar surface area (TPSA) is 63.1 Å². The first-order valence-electron chi connectivity index (χ1n) is 10.9. The van der Waals surface area contributed by atoms with Gasteiger partial charge in [-0.3, -0.25) is 10.3 Å². The summed E-state index contributed by atoms with van der Waals surface area (Å²) in [5.41, 5.74) is 3.78. The van der Waals surface area contributed by atoms with Crippen molar-refractivity contribution in [3.8, 4) is 17.2 Å². The Morgan fingerprint density at radius 3 is 2.31 bits per heavy atom. The summed E-state index contributed by atoms with van der Waals surface area (Å²) in [6.45, 7) is 4.95. The second-order valence-corrected chi connectivity index (χ2v) is 8.42. The third kappa shape index (κ3) is 4.81. The lowest BCUT2D eigenvalue weighted by molar-refractivity contribution is 0.311. The van der Waals surface area contributed by atoms with Crippen LogP contribution >= 0.6 is 15.9 Å². The molecular weight excluding hydrogens is 468 g/mol. The summed E-state index contributed by atoms with van der Waals surface area (Å²) < 4.78 is 12.5. The third-order valence-electron chi connectivity index (χ3n) is 5.44. The van der Waals surface area contributed by atoms with Crippen molar-refractivity contribution in [2.75, 3.05) is 13.2 Å². The van der Waals surface area contributed by atoms with Gasteiger partial charge in [-0.05, 0) is 43.7 Å². The van der Waals surface area contributed by atoms with E-state index in [-0.39, 0.29) is 18.0 Å². The van der Waals surface area contributed by atoms with Crippen LogP contribution in [0.1, 0.15) is 49.2 Å². The van der Waals surface area contributed by atoms with Gasteiger partial charge in [0.15, 0.2) is 11.5 Å². The molecule has 0 aliphatic carbocycles. The average Bonchev–Trinajstić information content (AvgIpc) is 2.81. The molecule has 0 amide bonds. The van der Waals surface area contributed by atoms with Crippen molar-refractivity contribution in [2.24, 2.45) is 4.99 Å². The molecule has 0 bridgehead atoms. The van der Waals surface area contributed by atoms with Crippen molar-refractivity contribution in [1.82, 2.24) is 5.32 Å². The van der Waals surface area contributed by atoms with Crippen LogP contribution in [0.25, 0.3) is 0 Å². The minimum atomic E-state index is -0.315. The molecule has 2 atom stereocenters. The van der Waals surface area contributed by atoms with Gasteiger partial charge in [-0.2, -0.15) is 0 Å². The zero-order valence-corrected chi connectivity index (χ0v) is 19.8. The van der Waals surface area contributed by atoms with Crippen molar-refractivity contribution >= 4 is 21.6 Å². The standard InChI is InChI=1S/C26H27BrN2O3/c1-3-31-23-10-6-5-8-20(23)26-28-21(17-12-14-18(27)15-13-17)16-22(29-26)19-9-7-11-24(25(19)30)32-4-2/h5-15,22,26,29-30H,3-4,16H2,1-2H3/t22-,26-/m0/s1. The van der Waals surface area contributed by atoms with Gasteiger partial charge in [-0.1, -0.05) is 58.4 Å². The third-order valence-corrected chi connectivity index (χ3v) is 5.97. The lowest BCUT2D eigenvalue weighted by Crippen LogP contribution is -2.33. The molecule has 0 fully saturated rings. The van der Waals surface area contributed by atoms with E-state index in [0.29, 0.717) is 25.4 Å². The second kappa shape index (κ2) is 10.2. The molecule has 0 radical (unpaired) electrons. The minimum Gasteiger partial charge on any atom is -0.504 e. The average molecular weight is 495 g/mol. The second-order valence-electron chi connectivity index (χ2n) is 7.51. The predicted octanol–water partition coefficient (Wildman–Crippen LogP) is 6.17. The molecule has 1 heterocycles. The van der Waals surface area contributed by atoms with Crippen molar-refractivity contribution in [2.45, 2.75) is 32.5 Å². The van der Waals surface area contributed by atoms with E-state index in [1.165, 1.54) is 0 Å². The summed E-state index contributed by atoms with van der Waals surface area (Å²) in [6.07, 6.45) is 0.322. The highest BCUT2D eigenvalue weighted by Crippen LogP contribution is 2.40. The molecule has 5 nitrogen and oxygen atoms in total. The van der Waals surface area contributed by atoms with Gasteiger partial charge in [0.05, 0.1) is 13.2 Å². The Kier molecular flexibility index (Phi) is 7.12. The summed E-state index contributed by atoms with van der Waals surface area (Å²) in [7, 11) is 0. The molecule has 32 heavy (non-hydrogen) atoms. The monoisotopic (exact) mass is 494 g/mol. The maximum atomic E-state index is 10.9. The van der Waals surface area contributed by atoms with E-state index in [1.807, 2.05) is 62.4 Å². The first-order valence-corrected chi connectivity index (χ1v) is 11.6. The Bertz CT molecular complexity index is 1100. The summed E-state index contributed by atoms with van der Waals surface area (Å²) in [6, 6.07) is 21.6. The summed E-state index contributed by atoms with van der Waals surface area (Å²) in [5, 5.41) is 14.5. The van der Waals surface area contributed by atoms with E-state index in [4.69, 9.17) is 14.5 Å². The van der Waals surface area contributed by atoms with Crippen LogP contribution in [-0.4, -0.2) is 24.0 Å². The number of phenolic OH excluding ortho intramolecular Hbond substituents is 1.